The molecule has 2 aromatic carbocycles. The summed E-state index contributed by atoms with van der Waals surface area (Å²) in [6, 6.07) is 16.4. The van der Waals surface area contributed by atoms with Crippen LogP contribution < -0.4 is 16.0 Å². The van der Waals surface area contributed by atoms with Gasteiger partial charge in [-0.25, -0.2) is 0 Å². The summed E-state index contributed by atoms with van der Waals surface area (Å²) in [6.45, 7) is 5.81. The smallest absolute Gasteiger partial charge is 0.225 e. The lowest BCUT2D eigenvalue weighted by molar-refractivity contribution is -0.116. The van der Waals surface area contributed by atoms with Crippen LogP contribution in [0.4, 0.5) is 5.69 Å². The molecule has 2 aromatic rings. The van der Waals surface area contributed by atoms with Crippen molar-refractivity contribution in [2.24, 2.45) is 4.99 Å². The molecule has 29 heavy (non-hydrogen) atoms. The maximum Gasteiger partial charge on any atom is 0.225 e. The highest BCUT2D eigenvalue weighted by Gasteiger charge is 2.25. The zero-order valence-corrected chi connectivity index (χ0v) is 20.9. The van der Waals surface area contributed by atoms with Gasteiger partial charge >= 0.3 is 0 Å². The second-order valence-corrected chi connectivity index (χ2v) is 8.65. The Morgan fingerprint density at radius 2 is 1.86 bits per heavy atom. The van der Waals surface area contributed by atoms with Crippen molar-refractivity contribution in [1.29, 1.82) is 0 Å². The van der Waals surface area contributed by atoms with Gasteiger partial charge in [0.25, 0.3) is 0 Å². The predicted molar refractivity (Wildman–Crippen MR) is 134 cm³/mol. The van der Waals surface area contributed by atoms with Crippen molar-refractivity contribution in [2.45, 2.75) is 31.6 Å². The maximum atomic E-state index is 12.0. The topological polar surface area (TPSA) is 65.5 Å². The fourth-order valence-corrected chi connectivity index (χ4v) is 3.70. The number of benzene rings is 2. The molecular weight excluding hydrogens is 543 g/mol. The molecule has 3 N–H and O–H groups in total. The van der Waals surface area contributed by atoms with E-state index < -0.39 is 0 Å². The minimum Gasteiger partial charge on any atom is -0.356 e. The third-order valence-electron chi connectivity index (χ3n) is 5.17. The number of fused-ring (bicyclic) bond motifs is 1. The largest absolute Gasteiger partial charge is 0.356 e. The third kappa shape index (κ3) is 6.18. The number of anilines is 1. The predicted octanol–water partition coefficient (Wildman–Crippen LogP) is 4.64. The van der Waals surface area contributed by atoms with E-state index in [0.29, 0.717) is 13.0 Å². The van der Waals surface area contributed by atoms with Crippen LogP contribution in [0.3, 0.4) is 0 Å². The Kier molecular flexibility index (Phi) is 8.51. The van der Waals surface area contributed by atoms with E-state index in [1.54, 1.807) is 7.05 Å². The maximum absolute atomic E-state index is 12.0. The van der Waals surface area contributed by atoms with Gasteiger partial charge in [0.05, 0.1) is 0 Å². The quantitative estimate of drug-likeness (QED) is 0.279. The van der Waals surface area contributed by atoms with Gasteiger partial charge in [-0.1, -0.05) is 60.1 Å². The van der Waals surface area contributed by atoms with Crippen LogP contribution in [0.25, 0.3) is 0 Å². The Bertz CT molecular complexity index is 867. The Morgan fingerprint density at radius 1 is 1.17 bits per heavy atom. The lowest BCUT2D eigenvalue weighted by Crippen LogP contribution is -2.45. The summed E-state index contributed by atoms with van der Waals surface area (Å²) in [5.74, 6) is 0.932. The Balaban J connectivity index is 0.00000300. The summed E-state index contributed by atoms with van der Waals surface area (Å²) in [6.07, 6.45) is 0.478. The van der Waals surface area contributed by atoms with Gasteiger partial charge < -0.3 is 16.0 Å². The summed E-state index contributed by atoms with van der Waals surface area (Å²) in [7, 11) is 1.77. The molecule has 156 valence electrons. The lowest BCUT2D eigenvalue weighted by atomic mass is 9.85. The number of para-hydroxylation sites is 1. The molecule has 3 rings (SSSR count). The number of carbonyl (C=O) groups is 1. The van der Waals surface area contributed by atoms with E-state index >= 15 is 0 Å². The molecule has 1 amide bonds. The zero-order valence-electron chi connectivity index (χ0n) is 17.0. The summed E-state index contributed by atoms with van der Waals surface area (Å²) >= 11 is 3.49. The first kappa shape index (κ1) is 23.7. The van der Waals surface area contributed by atoms with Crippen LogP contribution in [0.2, 0.25) is 0 Å². The monoisotopic (exact) mass is 570 g/mol. The molecule has 1 heterocycles. The summed E-state index contributed by atoms with van der Waals surface area (Å²) < 4.78 is 1.08. The summed E-state index contributed by atoms with van der Waals surface area (Å²) in [5, 5.41) is 9.75. The van der Waals surface area contributed by atoms with Crippen molar-refractivity contribution < 1.29 is 4.79 Å². The minimum atomic E-state index is -0.0460. The summed E-state index contributed by atoms with van der Waals surface area (Å²) in [4.78, 5) is 16.3. The molecule has 1 aliphatic rings. The van der Waals surface area contributed by atoms with Gasteiger partial charge in [0, 0.05) is 48.1 Å². The number of halogens is 2. The first-order chi connectivity index (χ1) is 13.4. The highest BCUT2D eigenvalue weighted by atomic mass is 127. The van der Waals surface area contributed by atoms with Crippen LogP contribution in [-0.4, -0.2) is 32.0 Å². The number of amides is 1. The van der Waals surface area contributed by atoms with E-state index in [-0.39, 0.29) is 41.2 Å². The molecule has 0 aliphatic carbocycles. The molecule has 1 atom stereocenters. The molecule has 5 nitrogen and oxygen atoms in total. The standard InChI is InChI=1S/C22H27BrN4O.HI/c1-22(2,16-8-10-17(23)11-9-16)14-26-21(24-3)25-13-15-12-20(28)27-19-7-5-4-6-18(15)19;/h4-11,15H,12-14H2,1-3H3,(H,27,28)(H2,24,25,26);1H. The number of guanidine groups is 1. The highest BCUT2D eigenvalue weighted by Crippen LogP contribution is 2.31. The number of nitrogens with zero attached hydrogens (tertiary/aromatic N) is 1. The number of nitrogens with one attached hydrogen (secondary N) is 3. The molecule has 0 radical (unpaired) electrons. The van der Waals surface area contributed by atoms with Crippen LogP contribution in [-0.2, 0) is 10.2 Å². The molecular formula is C22H28BrIN4O. The average Bonchev–Trinajstić information content (AvgIpc) is 2.68. The van der Waals surface area contributed by atoms with Gasteiger partial charge in [-0.3, -0.25) is 9.79 Å². The van der Waals surface area contributed by atoms with Gasteiger partial charge in [0.15, 0.2) is 5.96 Å². The van der Waals surface area contributed by atoms with E-state index in [1.165, 1.54) is 11.1 Å². The Hall–Kier alpha value is -1.61. The molecule has 0 spiro atoms. The van der Waals surface area contributed by atoms with Gasteiger partial charge in [-0.15, -0.1) is 24.0 Å². The van der Waals surface area contributed by atoms with Crippen LogP contribution in [0.1, 0.15) is 37.3 Å². The van der Waals surface area contributed by atoms with E-state index in [4.69, 9.17) is 0 Å². The molecule has 0 saturated carbocycles. The SMILES string of the molecule is CN=C(NCC1CC(=O)Nc2ccccc21)NCC(C)(C)c1ccc(Br)cc1.I. The third-order valence-corrected chi connectivity index (χ3v) is 5.70. The van der Waals surface area contributed by atoms with E-state index in [2.05, 4.69) is 81.1 Å². The fraction of sp³-hybridized carbons (Fsp3) is 0.364. The van der Waals surface area contributed by atoms with Gasteiger partial charge in [-0.2, -0.15) is 0 Å². The molecule has 0 fully saturated rings. The second-order valence-electron chi connectivity index (χ2n) is 7.73. The minimum absolute atomic E-state index is 0. The van der Waals surface area contributed by atoms with Crippen molar-refractivity contribution in [1.82, 2.24) is 10.6 Å². The van der Waals surface area contributed by atoms with Gasteiger partial charge in [0.1, 0.15) is 0 Å². The van der Waals surface area contributed by atoms with Crippen molar-refractivity contribution in [3.63, 3.8) is 0 Å². The van der Waals surface area contributed by atoms with Crippen LogP contribution >= 0.6 is 39.9 Å². The Labute approximate surface area is 198 Å². The second kappa shape index (κ2) is 10.4. The first-order valence-corrected chi connectivity index (χ1v) is 10.3. The first-order valence-electron chi connectivity index (χ1n) is 9.48. The number of carbonyl (C=O) groups excluding carboxylic acids is 1. The fourth-order valence-electron chi connectivity index (χ4n) is 3.43. The normalized spacial score (nSPS) is 16.3. The van der Waals surface area contributed by atoms with Crippen molar-refractivity contribution in [2.75, 3.05) is 25.5 Å². The molecule has 1 unspecified atom stereocenters. The summed E-state index contributed by atoms with van der Waals surface area (Å²) in [5.41, 5.74) is 3.29. The van der Waals surface area contributed by atoms with Crippen molar-refractivity contribution >= 4 is 57.5 Å². The van der Waals surface area contributed by atoms with Crippen LogP contribution in [0.15, 0.2) is 58.0 Å². The molecule has 0 aromatic heterocycles. The molecule has 7 heteroatoms. The van der Waals surface area contributed by atoms with E-state index in [0.717, 1.165) is 22.7 Å². The van der Waals surface area contributed by atoms with E-state index in [9.17, 15) is 4.79 Å². The van der Waals surface area contributed by atoms with Crippen LogP contribution in [0.5, 0.6) is 0 Å². The van der Waals surface area contributed by atoms with Gasteiger partial charge in [-0.05, 0) is 29.3 Å². The number of aliphatic imine (C=N–C) groups is 1. The van der Waals surface area contributed by atoms with E-state index in [1.807, 2.05) is 18.2 Å². The number of hydrogen-bond donors (Lipinski definition) is 3. The van der Waals surface area contributed by atoms with Gasteiger partial charge in [0.2, 0.25) is 5.91 Å². The van der Waals surface area contributed by atoms with Crippen LogP contribution in [0, 0.1) is 0 Å². The zero-order chi connectivity index (χ0) is 20.1. The molecule has 1 aliphatic heterocycles. The lowest BCUT2D eigenvalue weighted by Gasteiger charge is -2.28. The Morgan fingerprint density at radius 3 is 2.55 bits per heavy atom. The average molecular weight is 571 g/mol. The molecule has 0 bridgehead atoms. The molecule has 0 saturated heterocycles. The highest BCUT2D eigenvalue weighted by molar-refractivity contribution is 14.0. The number of rotatable bonds is 5. The van der Waals surface area contributed by atoms with Crippen molar-refractivity contribution in [3.05, 3.63) is 64.1 Å². The number of hydrogen-bond acceptors (Lipinski definition) is 2. The van der Waals surface area contributed by atoms with Crippen molar-refractivity contribution in [3.8, 4) is 0 Å².